The van der Waals surface area contributed by atoms with Gasteiger partial charge < -0.3 is 5.32 Å². The molecule has 3 saturated carbocycles. The average Bonchev–Trinajstić information content (AvgIpc) is 2.92. The highest BCUT2D eigenvalue weighted by Gasteiger charge is 2.60. The van der Waals surface area contributed by atoms with Gasteiger partial charge in [-0.3, -0.25) is 9.59 Å². The molecule has 7 atom stereocenters. The Balaban J connectivity index is 1.59. The molecule has 3 nitrogen and oxygen atoms in total. The van der Waals surface area contributed by atoms with Crippen LogP contribution in [0.25, 0.3) is 0 Å². The van der Waals surface area contributed by atoms with Crippen LogP contribution in [0.2, 0.25) is 0 Å². The number of carbonyl (C=O) groups excluding carboxylic acids is 2. The number of rotatable bonds is 3. The average molecular weight is 358 g/mol. The quantitative estimate of drug-likeness (QED) is 0.807. The summed E-state index contributed by atoms with van der Waals surface area (Å²) >= 11 is 0. The first-order valence-corrected chi connectivity index (χ1v) is 10.8. The lowest BCUT2D eigenvalue weighted by Crippen LogP contribution is -2.59. The first kappa shape index (κ1) is 18.3. The van der Waals surface area contributed by atoms with Crippen LogP contribution in [0.15, 0.2) is 12.2 Å². The van der Waals surface area contributed by atoms with Crippen molar-refractivity contribution in [3.05, 3.63) is 12.2 Å². The van der Waals surface area contributed by atoms with Crippen molar-refractivity contribution in [1.29, 1.82) is 0 Å². The SMILES string of the molecule is CC(C)CC(=O)[C@H]1CC[C@H]2[C@@H]3CC[C@H]4NC(=O)C=C[C@]4(C)[C@H]3CC[C@]12C. The third-order valence-electron chi connectivity index (χ3n) is 8.68. The van der Waals surface area contributed by atoms with Crippen molar-refractivity contribution in [1.82, 2.24) is 5.32 Å². The molecule has 0 unspecified atom stereocenters. The fourth-order valence-electron chi connectivity index (χ4n) is 7.41. The molecule has 0 aromatic carbocycles. The van der Waals surface area contributed by atoms with Gasteiger partial charge in [-0.15, -0.1) is 0 Å². The number of Topliss-reactive ketones (excluding diaryl/α,β-unsaturated/α-hetero) is 1. The van der Waals surface area contributed by atoms with Gasteiger partial charge in [0.05, 0.1) is 0 Å². The highest BCUT2D eigenvalue weighted by atomic mass is 16.1. The second-order valence-electron chi connectivity index (χ2n) is 10.5. The van der Waals surface area contributed by atoms with E-state index >= 15 is 0 Å². The van der Waals surface area contributed by atoms with Crippen LogP contribution < -0.4 is 5.32 Å². The Kier molecular flexibility index (Phi) is 4.36. The molecule has 0 aromatic heterocycles. The molecular formula is C23H35NO2. The van der Waals surface area contributed by atoms with Gasteiger partial charge in [0, 0.05) is 23.8 Å². The zero-order chi connectivity index (χ0) is 18.7. The van der Waals surface area contributed by atoms with Crippen LogP contribution >= 0.6 is 0 Å². The van der Waals surface area contributed by atoms with Gasteiger partial charge in [0.2, 0.25) is 5.91 Å². The van der Waals surface area contributed by atoms with E-state index in [1.54, 1.807) is 6.08 Å². The Morgan fingerprint density at radius 2 is 1.92 bits per heavy atom. The van der Waals surface area contributed by atoms with E-state index in [1.165, 1.54) is 25.7 Å². The van der Waals surface area contributed by atoms with Gasteiger partial charge in [-0.05, 0) is 73.7 Å². The molecule has 0 bridgehead atoms. The Hall–Kier alpha value is -1.12. The normalized spacial score (nSPS) is 47.1. The summed E-state index contributed by atoms with van der Waals surface area (Å²) in [4.78, 5) is 24.8. The number of carbonyl (C=O) groups is 2. The van der Waals surface area contributed by atoms with Crippen LogP contribution in [0.4, 0.5) is 0 Å². The summed E-state index contributed by atoms with van der Waals surface area (Å²) in [5, 5.41) is 3.23. The summed E-state index contributed by atoms with van der Waals surface area (Å²) in [5.74, 6) is 3.39. The first-order valence-electron chi connectivity index (χ1n) is 10.8. The molecular weight excluding hydrogens is 322 g/mol. The lowest BCUT2D eigenvalue weighted by atomic mass is 9.47. The molecule has 26 heavy (non-hydrogen) atoms. The number of hydrogen-bond acceptors (Lipinski definition) is 2. The molecule has 3 fully saturated rings. The Morgan fingerprint density at radius 3 is 2.65 bits per heavy atom. The minimum absolute atomic E-state index is 0.0757. The molecule has 0 spiro atoms. The topological polar surface area (TPSA) is 46.2 Å². The molecule has 1 N–H and O–H groups in total. The fourth-order valence-corrected chi connectivity index (χ4v) is 7.41. The predicted molar refractivity (Wildman–Crippen MR) is 103 cm³/mol. The van der Waals surface area contributed by atoms with Crippen LogP contribution in [-0.2, 0) is 9.59 Å². The van der Waals surface area contributed by atoms with E-state index in [0.717, 1.165) is 19.3 Å². The summed E-state index contributed by atoms with van der Waals surface area (Å²) < 4.78 is 0. The minimum atomic E-state index is 0.0757. The van der Waals surface area contributed by atoms with Crippen molar-refractivity contribution in [3.63, 3.8) is 0 Å². The van der Waals surface area contributed by atoms with Crippen molar-refractivity contribution < 1.29 is 9.59 Å². The van der Waals surface area contributed by atoms with E-state index in [-0.39, 0.29) is 22.7 Å². The summed E-state index contributed by atoms with van der Waals surface area (Å²) in [6.07, 6.45) is 11.7. The summed E-state index contributed by atoms with van der Waals surface area (Å²) in [7, 11) is 0. The molecule has 144 valence electrons. The highest BCUT2D eigenvalue weighted by molar-refractivity contribution is 5.89. The molecule has 3 heteroatoms. The zero-order valence-electron chi connectivity index (χ0n) is 16.9. The Labute approximate surface area is 158 Å². The fraction of sp³-hybridized carbons (Fsp3) is 0.826. The molecule has 0 aromatic rings. The minimum Gasteiger partial charge on any atom is -0.349 e. The Morgan fingerprint density at radius 1 is 1.15 bits per heavy atom. The van der Waals surface area contributed by atoms with E-state index in [4.69, 9.17) is 0 Å². The largest absolute Gasteiger partial charge is 0.349 e. The molecule has 0 saturated heterocycles. The standard InChI is InChI=1S/C23H35NO2/c1-14(2)13-19(25)18-7-6-16-15-5-8-20-23(4,12-10-21(26)24-20)17(15)9-11-22(16,18)3/h10,12,14-18,20H,5-9,11,13H2,1-4H3,(H,24,26)/t15-,16-,17-,18+,20+,22-,23+/m0/s1. The van der Waals surface area contributed by atoms with Crippen LogP contribution in [0.5, 0.6) is 0 Å². The van der Waals surface area contributed by atoms with Gasteiger partial charge in [0.25, 0.3) is 0 Å². The number of fused-ring (bicyclic) bond motifs is 5. The maximum absolute atomic E-state index is 12.9. The van der Waals surface area contributed by atoms with Gasteiger partial charge in [0.15, 0.2) is 0 Å². The number of nitrogens with one attached hydrogen (secondary N) is 1. The van der Waals surface area contributed by atoms with Crippen LogP contribution in [-0.4, -0.2) is 17.7 Å². The number of hydrogen-bond donors (Lipinski definition) is 1. The third kappa shape index (κ3) is 2.60. The molecule has 1 aliphatic heterocycles. The first-order chi connectivity index (χ1) is 12.3. The van der Waals surface area contributed by atoms with Crippen molar-refractivity contribution in [2.24, 2.45) is 40.4 Å². The molecule has 1 amide bonds. The zero-order valence-corrected chi connectivity index (χ0v) is 16.9. The van der Waals surface area contributed by atoms with Gasteiger partial charge in [0.1, 0.15) is 5.78 Å². The lowest BCUT2D eigenvalue weighted by Gasteiger charge is -2.58. The van der Waals surface area contributed by atoms with Gasteiger partial charge in [-0.25, -0.2) is 0 Å². The molecule has 1 heterocycles. The van der Waals surface area contributed by atoms with Crippen molar-refractivity contribution in [3.8, 4) is 0 Å². The lowest BCUT2D eigenvalue weighted by molar-refractivity contribution is -0.132. The molecule has 0 radical (unpaired) electrons. The van der Waals surface area contributed by atoms with Crippen molar-refractivity contribution in [2.45, 2.75) is 78.7 Å². The van der Waals surface area contributed by atoms with E-state index in [1.807, 2.05) is 0 Å². The predicted octanol–water partition coefficient (Wildman–Crippen LogP) is 4.52. The number of ketones is 1. The number of amides is 1. The van der Waals surface area contributed by atoms with E-state index in [2.05, 4.69) is 39.1 Å². The summed E-state index contributed by atoms with van der Waals surface area (Å²) in [6.45, 7) is 9.12. The van der Waals surface area contributed by atoms with Gasteiger partial charge in [-0.1, -0.05) is 33.8 Å². The highest BCUT2D eigenvalue weighted by Crippen LogP contribution is 2.65. The van der Waals surface area contributed by atoms with Gasteiger partial charge >= 0.3 is 0 Å². The second-order valence-corrected chi connectivity index (χ2v) is 10.5. The van der Waals surface area contributed by atoms with E-state index in [0.29, 0.717) is 35.5 Å². The van der Waals surface area contributed by atoms with Crippen LogP contribution in [0.3, 0.4) is 0 Å². The molecule has 4 rings (SSSR count). The monoisotopic (exact) mass is 357 g/mol. The van der Waals surface area contributed by atoms with Crippen LogP contribution in [0.1, 0.15) is 72.6 Å². The smallest absolute Gasteiger partial charge is 0.243 e. The van der Waals surface area contributed by atoms with Crippen molar-refractivity contribution in [2.75, 3.05) is 0 Å². The molecule has 3 aliphatic carbocycles. The molecule has 4 aliphatic rings. The summed E-state index contributed by atoms with van der Waals surface area (Å²) in [6, 6.07) is 0.297. The van der Waals surface area contributed by atoms with E-state index in [9.17, 15) is 9.59 Å². The third-order valence-corrected chi connectivity index (χ3v) is 8.68. The van der Waals surface area contributed by atoms with Crippen LogP contribution in [0, 0.1) is 40.4 Å². The van der Waals surface area contributed by atoms with Gasteiger partial charge in [-0.2, -0.15) is 0 Å². The maximum Gasteiger partial charge on any atom is 0.243 e. The second kappa shape index (κ2) is 6.21. The Bertz CT molecular complexity index is 638. The van der Waals surface area contributed by atoms with Crippen molar-refractivity contribution >= 4 is 11.7 Å². The van der Waals surface area contributed by atoms with E-state index < -0.39 is 0 Å². The maximum atomic E-state index is 12.9. The summed E-state index contributed by atoms with van der Waals surface area (Å²) in [5.41, 5.74) is 0.302.